The van der Waals surface area contributed by atoms with Crippen LogP contribution in [0.25, 0.3) is 21.5 Å². The Morgan fingerprint density at radius 1 is 0.636 bits per heavy atom. The van der Waals surface area contributed by atoms with E-state index >= 15 is 0 Å². The first kappa shape index (κ1) is 31.0. The van der Waals surface area contributed by atoms with Crippen molar-refractivity contribution in [2.75, 3.05) is 39.3 Å². The zero-order valence-corrected chi connectivity index (χ0v) is 21.5. The summed E-state index contributed by atoms with van der Waals surface area (Å²) < 4.78 is 0. The van der Waals surface area contributed by atoms with Crippen molar-refractivity contribution >= 4 is 57.9 Å². The molecule has 5 nitrogen and oxygen atoms in total. The highest BCUT2D eigenvalue weighted by Crippen LogP contribution is 2.28. The smallest absolute Gasteiger partial charge is 0.177 e. The molecule has 0 spiro atoms. The second-order valence-electron chi connectivity index (χ2n) is 7.67. The van der Waals surface area contributed by atoms with E-state index in [1.165, 1.54) is 0 Å². The highest BCUT2D eigenvalue weighted by atomic mass is 35.5. The van der Waals surface area contributed by atoms with Crippen molar-refractivity contribution in [3.05, 3.63) is 59.7 Å². The number of rotatable bonds is 10. The molecule has 0 atom stereocenters. The zero-order chi connectivity index (χ0) is 21.7. The van der Waals surface area contributed by atoms with E-state index in [2.05, 4.69) is 49.6 Å². The molecule has 3 aromatic carbocycles. The van der Waals surface area contributed by atoms with Gasteiger partial charge in [-0.2, -0.15) is 0 Å². The Morgan fingerprint density at radius 3 is 1.27 bits per heavy atom. The molecule has 0 aliphatic heterocycles. The first-order valence-electron chi connectivity index (χ1n) is 11.0. The third kappa shape index (κ3) is 6.98. The Hall–Kier alpha value is -2.02. The van der Waals surface area contributed by atoms with Gasteiger partial charge in [-0.3, -0.25) is 19.4 Å². The van der Waals surface area contributed by atoms with Gasteiger partial charge in [0.1, 0.15) is 0 Å². The van der Waals surface area contributed by atoms with Crippen molar-refractivity contribution in [1.29, 1.82) is 0 Å². The van der Waals surface area contributed by atoms with Gasteiger partial charge < -0.3 is 5.48 Å². The van der Waals surface area contributed by atoms with Gasteiger partial charge in [0.25, 0.3) is 0 Å². The molecule has 0 radical (unpaired) electrons. The van der Waals surface area contributed by atoms with E-state index in [1.54, 1.807) is 0 Å². The molecule has 0 amide bonds. The van der Waals surface area contributed by atoms with Gasteiger partial charge >= 0.3 is 0 Å². The predicted octanol–water partition coefficient (Wildman–Crippen LogP) is 5.06. The van der Waals surface area contributed by atoms with Crippen LogP contribution in [-0.2, 0) is 0 Å². The van der Waals surface area contributed by atoms with Crippen LogP contribution in [0.5, 0.6) is 0 Å². The lowest BCUT2D eigenvalue weighted by molar-refractivity contribution is 0.0931. The number of Topliss-reactive ketones (excluding diaryl/α,β-unsaturated/α-hetero) is 2. The van der Waals surface area contributed by atoms with Crippen molar-refractivity contribution in [2.24, 2.45) is 0 Å². The normalized spacial score (nSPS) is 10.6. The summed E-state index contributed by atoms with van der Waals surface area (Å²) >= 11 is 0. The maximum absolute atomic E-state index is 13.0. The highest BCUT2D eigenvalue weighted by Gasteiger charge is 2.16. The fourth-order valence-electron chi connectivity index (χ4n) is 4.01. The van der Waals surface area contributed by atoms with Crippen LogP contribution in [0.1, 0.15) is 48.4 Å². The minimum atomic E-state index is 0. The van der Waals surface area contributed by atoms with Gasteiger partial charge in [-0.15, -0.1) is 24.8 Å². The summed E-state index contributed by atoms with van der Waals surface area (Å²) in [5, 5.41) is 3.90. The van der Waals surface area contributed by atoms with Crippen LogP contribution in [0.4, 0.5) is 0 Å². The van der Waals surface area contributed by atoms with Gasteiger partial charge in [0.05, 0.1) is 13.1 Å². The van der Waals surface area contributed by atoms with Gasteiger partial charge in [-0.25, -0.2) is 0 Å². The second-order valence-corrected chi connectivity index (χ2v) is 7.67. The molecule has 0 unspecified atom stereocenters. The molecule has 33 heavy (non-hydrogen) atoms. The number of likely N-dealkylation sites (N-methyl/N-ethyl adjacent to an activating group) is 2. The molecular formula is C26H36Cl2N2O3. The molecule has 182 valence electrons. The van der Waals surface area contributed by atoms with Gasteiger partial charge in [0.15, 0.2) is 11.6 Å². The van der Waals surface area contributed by atoms with Crippen molar-refractivity contribution in [3.63, 3.8) is 0 Å². The van der Waals surface area contributed by atoms with Gasteiger partial charge in [0.2, 0.25) is 0 Å². The number of halogens is 2. The summed E-state index contributed by atoms with van der Waals surface area (Å²) in [5.41, 5.74) is 1.50. The lowest BCUT2D eigenvalue weighted by Gasteiger charge is -2.18. The number of benzene rings is 3. The molecule has 3 rings (SSSR count). The van der Waals surface area contributed by atoms with Crippen molar-refractivity contribution < 1.29 is 15.1 Å². The maximum Gasteiger partial charge on any atom is 0.177 e. The van der Waals surface area contributed by atoms with Crippen molar-refractivity contribution in [3.8, 4) is 0 Å². The van der Waals surface area contributed by atoms with Gasteiger partial charge in [-0.05, 0) is 59.9 Å². The second kappa shape index (κ2) is 14.3. The number of carbonyl (C=O) groups excluding carboxylic acids is 2. The van der Waals surface area contributed by atoms with Crippen LogP contribution in [0, 0.1) is 0 Å². The van der Waals surface area contributed by atoms with Crippen LogP contribution < -0.4 is 0 Å². The molecule has 0 fully saturated rings. The first-order valence-corrected chi connectivity index (χ1v) is 11.0. The maximum atomic E-state index is 13.0. The third-order valence-corrected chi connectivity index (χ3v) is 6.00. The van der Waals surface area contributed by atoms with E-state index in [0.29, 0.717) is 13.1 Å². The Bertz CT molecular complexity index is 979. The summed E-state index contributed by atoms with van der Waals surface area (Å²) in [5.74, 6) is 0.273. The average molecular weight is 495 g/mol. The highest BCUT2D eigenvalue weighted by molar-refractivity contribution is 6.16. The molecule has 0 heterocycles. The van der Waals surface area contributed by atoms with Crippen LogP contribution in [-0.4, -0.2) is 66.1 Å². The van der Waals surface area contributed by atoms with E-state index in [1.807, 2.05) is 36.4 Å². The monoisotopic (exact) mass is 494 g/mol. The molecule has 2 N–H and O–H groups in total. The van der Waals surface area contributed by atoms with E-state index in [9.17, 15) is 9.59 Å². The summed E-state index contributed by atoms with van der Waals surface area (Å²) in [7, 11) is 0. The molecule has 0 aliphatic carbocycles. The largest absolute Gasteiger partial charge is 0.412 e. The summed E-state index contributed by atoms with van der Waals surface area (Å²) in [6.45, 7) is 12.6. The lowest BCUT2D eigenvalue weighted by Crippen LogP contribution is -2.29. The Morgan fingerprint density at radius 2 is 0.970 bits per heavy atom. The number of hydrogen-bond donors (Lipinski definition) is 0. The Balaban J connectivity index is 0.00000341. The average Bonchev–Trinajstić information content (AvgIpc) is 2.78. The summed E-state index contributed by atoms with van der Waals surface area (Å²) in [6, 6.07) is 15.9. The minimum Gasteiger partial charge on any atom is -0.412 e. The number of fused-ring (bicyclic) bond motifs is 2. The first-order chi connectivity index (χ1) is 14.5. The van der Waals surface area contributed by atoms with Crippen LogP contribution >= 0.6 is 24.8 Å². The van der Waals surface area contributed by atoms with Crippen molar-refractivity contribution in [1.82, 2.24) is 9.80 Å². The molecule has 7 heteroatoms. The summed E-state index contributed by atoms with van der Waals surface area (Å²) in [6.07, 6.45) is 0. The SMILES string of the molecule is CCN(CC)CC(=O)c1cccc2cc3c(C(=O)CN(CC)CC)cccc3cc12.Cl.Cl.O. The molecule has 0 aromatic heterocycles. The number of carbonyl (C=O) groups is 2. The predicted molar refractivity (Wildman–Crippen MR) is 144 cm³/mol. The number of nitrogens with zero attached hydrogens (tertiary/aromatic N) is 2. The lowest BCUT2D eigenvalue weighted by atomic mass is 9.94. The third-order valence-electron chi connectivity index (χ3n) is 6.00. The van der Waals surface area contributed by atoms with Crippen LogP contribution in [0.3, 0.4) is 0 Å². The van der Waals surface area contributed by atoms with Gasteiger partial charge in [0, 0.05) is 11.1 Å². The van der Waals surface area contributed by atoms with E-state index in [0.717, 1.165) is 58.9 Å². The number of hydrogen-bond acceptors (Lipinski definition) is 4. The Kier molecular flexibility index (Phi) is 13.4. The molecule has 0 bridgehead atoms. The summed E-state index contributed by atoms with van der Waals surface area (Å²) in [4.78, 5) is 30.2. The van der Waals surface area contributed by atoms with Crippen molar-refractivity contribution in [2.45, 2.75) is 27.7 Å². The quantitative estimate of drug-likeness (QED) is 0.291. The fraction of sp³-hybridized carbons (Fsp3) is 0.385. The number of ketones is 2. The Labute approximate surface area is 209 Å². The van der Waals surface area contributed by atoms with Crippen LogP contribution in [0.15, 0.2) is 48.5 Å². The molecule has 3 aromatic rings. The van der Waals surface area contributed by atoms with Crippen LogP contribution in [0.2, 0.25) is 0 Å². The molecule has 0 saturated heterocycles. The van der Waals surface area contributed by atoms with E-state index in [4.69, 9.17) is 0 Å². The molecule has 0 aliphatic rings. The topological polar surface area (TPSA) is 72.1 Å². The van der Waals surface area contributed by atoms with E-state index in [-0.39, 0.29) is 41.9 Å². The van der Waals surface area contributed by atoms with E-state index < -0.39 is 0 Å². The zero-order valence-electron chi connectivity index (χ0n) is 19.9. The standard InChI is InChI=1S/C26H32N2O2.2ClH.H2O/c1-5-27(6-2)17-25(29)21-13-9-11-19-16-24-20(15-23(19)21)12-10-14-22(24)26(30)18-28(7-3)8-4;;;/h9-16H,5-8,17-18H2,1-4H3;2*1H;1H2. The van der Waals surface area contributed by atoms with Gasteiger partial charge in [-0.1, -0.05) is 64.1 Å². The molecular weight excluding hydrogens is 459 g/mol. The fourth-order valence-corrected chi connectivity index (χ4v) is 4.01. The minimum absolute atomic E-state index is 0. The molecule has 0 saturated carbocycles.